The lowest BCUT2D eigenvalue weighted by atomic mass is 9.92. The maximum absolute atomic E-state index is 14.5. The van der Waals surface area contributed by atoms with Crippen molar-refractivity contribution in [1.29, 1.82) is 0 Å². The fraction of sp³-hybridized carbons (Fsp3) is 0.364. The maximum Gasteiger partial charge on any atom is 0.137 e. The van der Waals surface area contributed by atoms with E-state index in [1.807, 2.05) is 42.3 Å². The van der Waals surface area contributed by atoms with Crippen LogP contribution in [-0.2, 0) is 12.1 Å². The molecule has 1 atom stereocenters. The Kier molecular flexibility index (Phi) is 7.48. The largest absolute Gasteiger partial charge is 0.494 e. The molecule has 160 valence electrons. The number of benzene rings is 2. The molecule has 0 aliphatic rings. The van der Waals surface area contributed by atoms with Crippen LogP contribution in [0.3, 0.4) is 0 Å². The number of nitrogens with zero attached hydrogens (tertiary/aromatic N) is 4. The Labute approximate surface area is 174 Å². The lowest BCUT2D eigenvalue weighted by Crippen LogP contribution is -2.43. The fourth-order valence-electron chi connectivity index (χ4n) is 3.39. The van der Waals surface area contributed by atoms with Gasteiger partial charge in [-0.05, 0) is 44.6 Å². The number of unbranched alkanes of at least 4 members (excludes halogenated alkanes) is 1. The number of halogens is 2. The molecule has 0 spiro atoms. The van der Waals surface area contributed by atoms with Gasteiger partial charge >= 0.3 is 0 Å². The predicted octanol–water partition coefficient (Wildman–Crippen LogP) is 3.24. The summed E-state index contributed by atoms with van der Waals surface area (Å²) in [5.74, 6) is -0.645. The number of likely N-dealkylation sites (N-methyl/N-ethyl adjacent to an activating group) is 1. The third-order valence-electron chi connectivity index (χ3n) is 4.80. The molecule has 0 fully saturated rings. The first kappa shape index (κ1) is 21.9. The Morgan fingerprint density at radius 2 is 1.93 bits per heavy atom. The summed E-state index contributed by atoms with van der Waals surface area (Å²) in [6, 6.07) is 12.8. The van der Waals surface area contributed by atoms with Gasteiger partial charge in [0.2, 0.25) is 0 Å². The van der Waals surface area contributed by atoms with Gasteiger partial charge in [-0.3, -0.25) is 0 Å². The van der Waals surface area contributed by atoms with E-state index in [-0.39, 0.29) is 18.7 Å². The summed E-state index contributed by atoms with van der Waals surface area (Å²) in [6.07, 6.45) is 4.48. The molecule has 0 amide bonds. The van der Waals surface area contributed by atoms with Crippen molar-refractivity contribution in [1.82, 2.24) is 19.7 Å². The summed E-state index contributed by atoms with van der Waals surface area (Å²) in [6.45, 7) is 1.42. The lowest BCUT2D eigenvalue weighted by molar-refractivity contribution is -0.0161. The molecule has 30 heavy (non-hydrogen) atoms. The van der Waals surface area contributed by atoms with E-state index in [1.165, 1.54) is 23.4 Å². The van der Waals surface area contributed by atoms with Gasteiger partial charge in [0.25, 0.3) is 0 Å². The van der Waals surface area contributed by atoms with Crippen LogP contribution in [0.5, 0.6) is 5.75 Å². The van der Waals surface area contributed by atoms with Gasteiger partial charge in [-0.15, -0.1) is 0 Å². The topological polar surface area (TPSA) is 63.4 Å². The van der Waals surface area contributed by atoms with Crippen LogP contribution in [0.4, 0.5) is 8.78 Å². The van der Waals surface area contributed by atoms with Gasteiger partial charge in [-0.2, -0.15) is 5.10 Å². The average Bonchev–Trinajstić information content (AvgIpc) is 3.21. The fourth-order valence-corrected chi connectivity index (χ4v) is 3.39. The number of para-hydroxylation sites is 1. The Hall–Kier alpha value is -2.84. The zero-order valence-electron chi connectivity index (χ0n) is 16.9. The number of ether oxygens (including phenoxy) is 1. The van der Waals surface area contributed by atoms with E-state index in [4.69, 9.17) is 4.74 Å². The zero-order valence-corrected chi connectivity index (χ0v) is 16.9. The SMILES string of the molecule is CN(CCCCOc1ccccc1)CC(O)(Cn1cncn1)c1ccc(F)cc1F. The van der Waals surface area contributed by atoms with E-state index in [1.54, 1.807) is 0 Å². The molecule has 0 saturated heterocycles. The molecule has 0 bridgehead atoms. The van der Waals surface area contributed by atoms with Crippen molar-refractivity contribution in [2.45, 2.75) is 25.0 Å². The highest BCUT2D eigenvalue weighted by Gasteiger charge is 2.34. The summed E-state index contributed by atoms with van der Waals surface area (Å²) in [5, 5.41) is 15.3. The summed E-state index contributed by atoms with van der Waals surface area (Å²) < 4.78 is 34.9. The summed E-state index contributed by atoms with van der Waals surface area (Å²) in [5.41, 5.74) is -1.57. The quantitative estimate of drug-likeness (QED) is 0.486. The highest BCUT2D eigenvalue weighted by Crippen LogP contribution is 2.27. The van der Waals surface area contributed by atoms with Crippen molar-refractivity contribution < 1.29 is 18.6 Å². The molecule has 0 radical (unpaired) electrons. The molecule has 3 rings (SSSR count). The Morgan fingerprint density at radius 1 is 1.13 bits per heavy atom. The Bertz CT molecular complexity index is 909. The van der Waals surface area contributed by atoms with Crippen LogP contribution in [-0.4, -0.2) is 51.5 Å². The van der Waals surface area contributed by atoms with Gasteiger partial charge in [0.05, 0.1) is 13.2 Å². The minimum atomic E-state index is -1.60. The molecule has 1 N–H and O–H groups in total. The predicted molar refractivity (Wildman–Crippen MR) is 109 cm³/mol. The molecule has 6 nitrogen and oxygen atoms in total. The molecule has 0 aliphatic carbocycles. The molecule has 2 aromatic carbocycles. The first-order chi connectivity index (χ1) is 14.5. The van der Waals surface area contributed by atoms with Crippen LogP contribution in [0, 0.1) is 11.6 Å². The standard InChI is InChI=1S/C22H26F2N4O2/c1-27(11-5-6-12-30-19-7-3-2-4-8-19)14-22(29,15-28-17-25-16-26-28)20-10-9-18(23)13-21(20)24/h2-4,7-10,13,16-17,29H,5-6,11-12,14-15H2,1H3. The Morgan fingerprint density at radius 3 is 2.63 bits per heavy atom. The summed E-state index contributed by atoms with van der Waals surface area (Å²) in [7, 11) is 1.85. The number of aromatic nitrogens is 3. The van der Waals surface area contributed by atoms with Gasteiger partial charge in [-0.25, -0.2) is 18.4 Å². The van der Waals surface area contributed by atoms with Crippen LogP contribution in [0.1, 0.15) is 18.4 Å². The highest BCUT2D eigenvalue weighted by molar-refractivity contribution is 5.25. The van der Waals surface area contributed by atoms with Crippen LogP contribution >= 0.6 is 0 Å². The highest BCUT2D eigenvalue weighted by atomic mass is 19.1. The second-order valence-electron chi connectivity index (χ2n) is 7.36. The van der Waals surface area contributed by atoms with E-state index in [9.17, 15) is 13.9 Å². The zero-order chi connectivity index (χ0) is 21.4. The average molecular weight is 416 g/mol. The van der Waals surface area contributed by atoms with Crippen molar-refractivity contribution in [3.8, 4) is 5.75 Å². The minimum absolute atomic E-state index is 0.00297. The van der Waals surface area contributed by atoms with Crippen LogP contribution in [0.25, 0.3) is 0 Å². The molecule has 1 heterocycles. The Balaban J connectivity index is 1.58. The lowest BCUT2D eigenvalue weighted by Gasteiger charge is -2.33. The van der Waals surface area contributed by atoms with E-state index >= 15 is 0 Å². The first-order valence-corrected chi connectivity index (χ1v) is 9.83. The van der Waals surface area contributed by atoms with Crippen molar-refractivity contribution in [3.05, 3.63) is 78.4 Å². The normalized spacial score (nSPS) is 13.4. The molecule has 0 aliphatic heterocycles. The van der Waals surface area contributed by atoms with E-state index < -0.39 is 17.2 Å². The van der Waals surface area contributed by atoms with Crippen molar-refractivity contribution >= 4 is 0 Å². The van der Waals surface area contributed by atoms with Gasteiger partial charge < -0.3 is 14.7 Å². The van der Waals surface area contributed by atoms with Crippen LogP contribution in [0.15, 0.2) is 61.2 Å². The molecule has 1 aromatic heterocycles. The van der Waals surface area contributed by atoms with E-state index in [0.29, 0.717) is 13.2 Å². The first-order valence-electron chi connectivity index (χ1n) is 9.83. The van der Waals surface area contributed by atoms with E-state index in [0.717, 1.165) is 30.7 Å². The van der Waals surface area contributed by atoms with Gasteiger partial charge in [-0.1, -0.05) is 24.3 Å². The third-order valence-corrected chi connectivity index (χ3v) is 4.80. The maximum atomic E-state index is 14.5. The van der Waals surface area contributed by atoms with Crippen molar-refractivity contribution in [2.24, 2.45) is 0 Å². The number of hydrogen-bond donors (Lipinski definition) is 1. The van der Waals surface area contributed by atoms with Gasteiger partial charge in [0, 0.05) is 18.2 Å². The molecule has 3 aromatic rings. The van der Waals surface area contributed by atoms with Crippen molar-refractivity contribution in [2.75, 3.05) is 26.7 Å². The molecular formula is C22H26F2N4O2. The smallest absolute Gasteiger partial charge is 0.137 e. The molecule has 8 heteroatoms. The number of hydrogen-bond acceptors (Lipinski definition) is 5. The molecule has 1 unspecified atom stereocenters. The third kappa shape index (κ3) is 6.08. The number of aliphatic hydroxyl groups is 1. The van der Waals surface area contributed by atoms with Gasteiger partial charge in [0.15, 0.2) is 0 Å². The van der Waals surface area contributed by atoms with Gasteiger partial charge in [0.1, 0.15) is 35.6 Å². The number of rotatable bonds is 11. The minimum Gasteiger partial charge on any atom is -0.494 e. The second kappa shape index (κ2) is 10.3. The molecule has 0 saturated carbocycles. The van der Waals surface area contributed by atoms with Crippen molar-refractivity contribution in [3.63, 3.8) is 0 Å². The second-order valence-corrected chi connectivity index (χ2v) is 7.36. The van der Waals surface area contributed by atoms with Crippen LogP contribution in [0.2, 0.25) is 0 Å². The van der Waals surface area contributed by atoms with Crippen LogP contribution < -0.4 is 4.74 Å². The summed E-state index contributed by atoms with van der Waals surface area (Å²) >= 11 is 0. The summed E-state index contributed by atoms with van der Waals surface area (Å²) in [4.78, 5) is 5.79. The monoisotopic (exact) mass is 416 g/mol. The van der Waals surface area contributed by atoms with E-state index in [2.05, 4.69) is 10.1 Å². The molecular weight excluding hydrogens is 390 g/mol.